The van der Waals surface area contributed by atoms with Crippen LogP contribution in [0.5, 0.6) is 5.75 Å². The average molecular weight is 320 g/mol. The molecule has 0 saturated heterocycles. The third-order valence-corrected chi connectivity index (χ3v) is 3.65. The molecule has 3 nitrogen and oxygen atoms in total. The van der Waals surface area contributed by atoms with Gasteiger partial charge >= 0.3 is 11.8 Å². The van der Waals surface area contributed by atoms with E-state index < -0.39 is 17.4 Å². The molecule has 0 aliphatic heterocycles. The predicted octanol–water partition coefficient (Wildman–Crippen LogP) is 4.49. The zero-order valence-corrected chi connectivity index (χ0v) is 11.9. The standard InChI is InChI=1S/C17H11F3O3/c1-9-12(3-2-4-14(9)17(18,19)20)15-7-10-5-6-11(21)8-13(10)16(22)23-15/h2-8,21H,1H3. The van der Waals surface area contributed by atoms with Crippen LogP contribution in [0.2, 0.25) is 0 Å². The Balaban J connectivity index is 2.26. The van der Waals surface area contributed by atoms with Crippen molar-refractivity contribution >= 4 is 10.8 Å². The summed E-state index contributed by atoms with van der Waals surface area (Å²) in [5.74, 6) is -0.0374. The maximum absolute atomic E-state index is 13.0. The molecule has 0 fully saturated rings. The Bertz CT molecular complexity index is 955. The number of halogens is 3. The number of phenolic OH excluding ortho intramolecular Hbond substituents is 1. The lowest BCUT2D eigenvalue weighted by Gasteiger charge is -2.13. The molecule has 118 valence electrons. The van der Waals surface area contributed by atoms with Crippen molar-refractivity contribution in [1.82, 2.24) is 0 Å². The van der Waals surface area contributed by atoms with Gasteiger partial charge in [-0.25, -0.2) is 4.79 Å². The summed E-state index contributed by atoms with van der Waals surface area (Å²) in [5, 5.41) is 10.0. The van der Waals surface area contributed by atoms with Crippen LogP contribution in [0.1, 0.15) is 11.1 Å². The molecular weight excluding hydrogens is 309 g/mol. The van der Waals surface area contributed by atoms with Crippen LogP contribution < -0.4 is 5.63 Å². The fraction of sp³-hybridized carbons (Fsp3) is 0.118. The van der Waals surface area contributed by atoms with E-state index in [2.05, 4.69) is 0 Å². The Morgan fingerprint density at radius 1 is 1.09 bits per heavy atom. The zero-order valence-electron chi connectivity index (χ0n) is 11.9. The van der Waals surface area contributed by atoms with Crippen molar-refractivity contribution < 1.29 is 22.7 Å². The van der Waals surface area contributed by atoms with E-state index in [1.54, 1.807) is 0 Å². The second kappa shape index (κ2) is 5.15. The summed E-state index contributed by atoms with van der Waals surface area (Å²) < 4.78 is 44.1. The van der Waals surface area contributed by atoms with Gasteiger partial charge in [0, 0.05) is 5.56 Å². The first-order valence-electron chi connectivity index (χ1n) is 6.71. The monoisotopic (exact) mass is 320 g/mol. The van der Waals surface area contributed by atoms with E-state index in [0.717, 1.165) is 6.07 Å². The van der Waals surface area contributed by atoms with Crippen LogP contribution in [0, 0.1) is 6.92 Å². The van der Waals surface area contributed by atoms with Gasteiger partial charge in [-0.1, -0.05) is 18.2 Å². The van der Waals surface area contributed by atoms with Crippen molar-refractivity contribution in [2.24, 2.45) is 0 Å². The topological polar surface area (TPSA) is 50.4 Å². The number of alkyl halides is 3. The Hall–Kier alpha value is -2.76. The highest BCUT2D eigenvalue weighted by Crippen LogP contribution is 2.36. The van der Waals surface area contributed by atoms with Crippen LogP contribution >= 0.6 is 0 Å². The normalized spacial score (nSPS) is 11.8. The number of hydrogen-bond donors (Lipinski definition) is 1. The molecule has 6 heteroatoms. The van der Waals surface area contributed by atoms with Crippen LogP contribution in [0.15, 0.2) is 51.7 Å². The molecular formula is C17H11F3O3. The Kier molecular flexibility index (Phi) is 3.39. The van der Waals surface area contributed by atoms with Crippen molar-refractivity contribution in [3.8, 4) is 17.1 Å². The fourth-order valence-corrected chi connectivity index (χ4v) is 2.51. The van der Waals surface area contributed by atoms with Crippen molar-refractivity contribution in [2.75, 3.05) is 0 Å². The number of benzene rings is 2. The molecule has 0 bridgehead atoms. The maximum atomic E-state index is 13.0. The lowest BCUT2D eigenvalue weighted by molar-refractivity contribution is -0.138. The third kappa shape index (κ3) is 2.67. The first-order chi connectivity index (χ1) is 10.8. The van der Waals surface area contributed by atoms with Gasteiger partial charge in [-0.2, -0.15) is 13.2 Å². The van der Waals surface area contributed by atoms with Crippen molar-refractivity contribution in [3.05, 3.63) is 64.0 Å². The van der Waals surface area contributed by atoms with E-state index in [1.807, 2.05) is 0 Å². The van der Waals surface area contributed by atoms with E-state index in [0.29, 0.717) is 5.39 Å². The number of aromatic hydroxyl groups is 1. The van der Waals surface area contributed by atoms with Gasteiger partial charge in [0.1, 0.15) is 11.5 Å². The predicted molar refractivity (Wildman–Crippen MR) is 79.3 cm³/mol. The Morgan fingerprint density at radius 2 is 1.83 bits per heavy atom. The Morgan fingerprint density at radius 3 is 2.52 bits per heavy atom. The summed E-state index contributed by atoms with van der Waals surface area (Å²) in [4.78, 5) is 12.0. The average Bonchev–Trinajstić information content (AvgIpc) is 2.47. The molecule has 1 N–H and O–H groups in total. The molecule has 0 atom stereocenters. The smallest absolute Gasteiger partial charge is 0.416 e. The van der Waals surface area contributed by atoms with Crippen LogP contribution in [0.3, 0.4) is 0 Å². The summed E-state index contributed by atoms with van der Waals surface area (Å²) in [6.07, 6.45) is -4.48. The number of fused-ring (bicyclic) bond motifs is 1. The summed E-state index contributed by atoms with van der Waals surface area (Å²) in [7, 11) is 0. The van der Waals surface area contributed by atoms with Gasteiger partial charge < -0.3 is 9.52 Å². The zero-order chi connectivity index (χ0) is 16.8. The van der Waals surface area contributed by atoms with Gasteiger partial charge in [-0.15, -0.1) is 0 Å². The summed E-state index contributed by atoms with van der Waals surface area (Å²) in [6.45, 7) is 1.33. The molecule has 3 rings (SSSR count). The number of rotatable bonds is 1. The SMILES string of the molecule is Cc1c(-c2cc3ccc(O)cc3c(=O)o2)cccc1C(F)(F)F. The van der Waals surface area contributed by atoms with E-state index in [-0.39, 0.29) is 28.0 Å². The van der Waals surface area contributed by atoms with Crippen molar-refractivity contribution in [3.63, 3.8) is 0 Å². The van der Waals surface area contributed by atoms with Gasteiger partial charge in [0.15, 0.2) is 0 Å². The summed E-state index contributed by atoms with van der Waals surface area (Å²) in [5.41, 5.74) is -1.30. The van der Waals surface area contributed by atoms with Gasteiger partial charge in [0.2, 0.25) is 0 Å². The highest BCUT2D eigenvalue weighted by molar-refractivity contribution is 5.85. The summed E-state index contributed by atoms with van der Waals surface area (Å²) >= 11 is 0. The van der Waals surface area contributed by atoms with Crippen molar-refractivity contribution in [2.45, 2.75) is 13.1 Å². The highest BCUT2D eigenvalue weighted by atomic mass is 19.4. The molecule has 3 aromatic rings. The molecule has 0 spiro atoms. The molecule has 23 heavy (non-hydrogen) atoms. The molecule has 0 saturated carbocycles. The molecule has 0 amide bonds. The second-order valence-electron chi connectivity index (χ2n) is 5.15. The van der Waals surface area contributed by atoms with E-state index in [1.165, 1.54) is 43.3 Å². The van der Waals surface area contributed by atoms with E-state index in [9.17, 15) is 23.1 Å². The molecule has 0 unspecified atom stereocenters. The minimum atomic E-state index is -4.48. The molecule has 1 heterocycles. The van der Waals surface area contributed by atoms with Gasteiger partial charge in [0.05, 0.1) is 10.9 Å². The first kappa shape index (κ1) is 15.1. The highest BCUT2D eigenvalue weighted by Gasteiger charge is 2.33. The van der Waals surface area contributed by atoms with Crippen LogP contribution in [-0.2, 0) is 6.18 Å². The first-order valence-corrected chi connectivity index (χ1v) is 6.71. The quantitative estimate of drug-likeness (QED) is 0.718. The lowest BCUT2D eigenvalue weighted by atomic mass is 9.99. The van der Waals surface area contributed by atoms with Gasteiger partial charge in [0.25, 0.3) is 0 Å². The van der Waals surface area contributed by atoms with Crippen LogP contribution in [0.4, 0.5) is 13.2 Å². The fourth-order valence-electron chi connectivity index (χ4n) is 2.51. The van der Waals surface area contributed by atoms with Gasteiger partial charge in [-0.05, 0) is 42.1 Å². The van der Waals surface area contributed by atoms with E-state index in [4.69, 9.17) is 4.42 Å². The molecule has 1 aromatic heterocycles. The van der Waals surface area contributed by atoms with Crippen molar-refractivity contribution in [1.29, 1.82) is 0 Å². The Labute approximate surface area is 128 Å². The molecule has 0 radical (unpaired) electrons. The second-order valence-corrected chi connectivity index (χ2v) is 5.15. The molecule has 0 aliphatic rings. The largest absolute Gasteiger partial charge is 0.508 e. The van der Waals surface area contributed by atoms with Crippen LogP contribution in [0.25, 0.3) is 22.1 Å². The molecule has 2 aromatic carbocycles. The lowest BCUT2D eigenvalue weighted by Crippen LogP contribution is -2.08. The molecule has 0 aliphatic carbocycles. The number of phenols is 1. The van der Waals surface area contributed by atoms with Crippen LogP contribution in [-0.4, -0.2) is 5.11 Å². The third-order valence-electron chi connectivity index (χ3n) is 3.65. The van der Waals surface area contributed by atoms with E-state index >= 15 is 0 Å². The maximum Gasteiger partial charge on any atom is 0.416 e. The summed E-state index contributed by atoms with van der Waals surface area (Å²) in [6, 6.07) is 9.36. The van der Waals surface area contributed by atoms with Gasteiger partial charge in [-0.3, -0.25) is 0 Å². The minimum absolute atomic E-state index is 0.0127. The minimum Gasteiger partial charge on any atom is -0.508 e. The number of hydrogen-bond acceptors (Lipinski definition) is 3.